The molecular weight excluding hydrogens is 569 g/mol. The van der Waals surface area contributed by atoms with Gasteiger partial charge in [0.1, 0.15) is 0 Å². The minimum absolute atomic E-state index is 0.0431. The van der Waals surface area contributed by atoms with Crippen molar-refractivity contribution in [3.63, 3.8) is 0 Å². The van der Waals surface area contributed by atoms with Gasteiger partial charge in [0.25, 0.3) is 5.91 Å². The number of hydrogen-bond donors (Lipinski definition) is 0. The van der Waals surface area contributed by atoms with Gasteiger partial charge in [-0.2, -0.15) is 18.3 Å². The number of halogens is 3. The van der Waals surface area contributed by atoms with Crippen molar-refractivity contribution in [3.05, 3.63) is 101 Å². The fourth-order valence-corrected chi connectivity index (χ4v) is 6.00. The average Bonchev–Trinajstić information content (AvgIpc) is 3.46. The van der Waals surface area contributed by atoms with Crippen molar-refractivity contribution in [1.82, 2.24) is 29.4 Å². The Labute approximate surface area is 253 Å². The summed E-state index contributed by atoms with van der Waals surface area (Å²) >= 11 is 0. The van der Waals surface area contributed by atoms with Crippen molar-refractivity contribution in [2.24, 2.45) is 0 Å². The predicted molar refractivity (Wildman–Crippen MR) is 159 cm³/mol. The molecule has 8 nitrogen and oxygen atoms in total. The molecule has 4 aromatic rings. The largest absolute Gasteiger partial charge is 0.389 e. The number of hydrogen-bond acceptors (Lipinski definition) is 5. The van der Waals surface area contributed by atoms with Gasteiger partial charge >= 0.3 is 6.18 Å². The molecule has 0 spiro atoms. The van der Waals surface area contributed by atoms with Crippen molar-refractivity contribution in [1.29, 1.82) is 0 Å². The van der Waals surface area contributed by atoms with Gasteiger partial charge in [-0.25, -0.2) is 9.50 Å². The van der Waals surface area contributed by atoms with E-state index < -0.39 is 24.9 Å². The third-order valence-corrected chi connectivity index (χ3v) is 8.46. The van der Waals surface area contributed by atoms with E-state index in [4.69, 9.17) is 4.98 Å². The number of benzene rings is 1. The van der Waals surface area contributed by atoms with Crippen LogP contribution < -0.4 is 0 Å². The highest BCUT2D eigenvalue weighted by atomic mass is 19.4. The first-order valence-electron chi connectivity index (χ1n) is 14.9. The Kier molecular flexibility index (Phi) is 8.45. The molecule has 0 radical (unpaired) electrons. The molecule has 2 aliphatic rings. The SMILES string of the molecule is O=C(CCC(F)(F)F)N1CC=C(c2cccn3nc(Cc4ccc(C(=O)N5CCC(c6ccncc6)CC5)cc4)nc23)CC1. The number of carbonyl (C=O) groups excluding carboxylic acids is 2. The molecule has 0 atom stereocenters. The third kappa shape index (κ3) is 6.82. The Balaban J connectivity index is 1.07. The first kappa shape index (κ1) is 29.5. The monoisotopic (exact) mass is 602 g/mol. The third-order valence-electron chi connectivity index (χ3n) is 8.46. The minimum atomic E-state index is -4.34. The van der Waals surface area contributed by atoms with Crippen LogP contribution in [0.15, 0.2) is 73.2 Å². The molecule has 1 saturated heterocycles. The van der Waals surface area contributed by atoms with Crippen LogP contribution in [0.3, 0.4) is 0 Å². The fraction of sp³-hybridized carbons (Fsp3) is 0.364. The van der Waals surface area contributed by atoms with E-state index in [1.54, 1.807) is 4.52 Å². The Bertz CT molecular complexity index is 1660. The zero-order valence-electron chi connectivity index (χ0n) is 24.2. The highest BCUT2D eigenvalue weighted by Crippen LogP contribution is 2.29. The minimum Gasteiger partial charge on any atom is -0.339 e. The van der Waals surface area contributed by atoms with E-state index in [2.05, 4.69) is 22.2 Å². The molecule has 6 rings (SSSR count). The standard InChI is InChI=1S/C33H33F3N6O2/c34-33(35,36)14-7-30(43)40-18-12-26(13-19-40)28-2-1-17-42-31(28)38-29(39-42)22-23-3-5-27(6-4-23)32(44)41-20-10-25(11-21-41)24-8-15-37-16-9-24/h1-6,8-9,12,15-17,25H,7,10-11,13-14,18-22H2. The molecule has 5 heterocycles. The highest BCUT2D eigenvalue weighted by molar-refractivity contribution is 5.94. The number of fused-ring (bicyclic) bond motifs is 1. The van der Waals surface area contributed by atoms with Gasteiger partial charge in [0.15, 0.2) is 11.5 Å². The molecule has 228 valence electrons. The van der Waals surface area contributed by atoms with Gasteiger partial charge in [-0.1, -0.05) is 18.2 Å². The molecule has 1 fully saturated rings. The predicted octanol–water partition coefficient (Wildman–Crippen LogP) is 5.69. The van der Waals surface area contributed by atoms with Crippen LogP contribution in [-0.4, -0.2) is 73.6 Å². The normalized spacial score (nSPS) is 16.3. The van der Waals surface area contributed by atoms with Gasteiger partial charge in [0, 0.05) is 68.7 Å². The number of alkyl halides is 3. The number of piperidine rings is 1. The molecule has 0 unspecified atom stereocenters. The quantitative estimate of drug-likeness (QED) is 0.271. The summed E-state index contributed by atoms with van der Waals surface area (Å²) in [5.41, 5.74) is 5.50. The van der Waals surface area contributed by atoms with Crippen LogP contribution in [0, 0.1) is 0 Å². The van der Waals surface area contributed by atoms with E-state index >= 15 is 0 Å². The lowest BCUT2D eigenvalue weighted by Crippen LogP contribution is -2.37. The van der Waals surface area contributed by atoms with Crippen LogP contribution in [0.25, 0.3) is 11.2 Å². The summed E-state index contributed by atoms with van der Waals surface area (Å²) in [6, 6.07) is 15.5. The molecule has 0 N–H and O–H groups in total. The van der Waals surface area contributed by atoms with E-state index in [9.17, 15) is 22.8 Å². The molecule has 0 saturated carbocycles. The summed E-state index contributed by atoms with van der Waals surface area (Å²) in [5, 5.41) is 4.65. The van der Waals surface area contributed by atoms with Gasteiger partial charge in [-0.15, -0.1) is 0 Å². The Hall–Kier alpha value is -4.54. The van der Waals surface area contributed by atoms with Gasteiger partial charge in [-0.3, -0.25) is 14.6 Å². The number of amides is 2. The maximum absolute atomic E-state index is 13.2. The number of rotatable bonds is 7. The summed E-state index contributed by atoms with van der Waals surface area (Å²) in [6.07, 6.45) is 4.25. The molecule has 0 bridgehead atoms. The lowest BCUT2D eigenvalue weighted by Gasteiger charge is -2.32. The van der Waals surface area contributed by atoms with Gasteiger partial charge in [-0.05, 0) is 78.3 Å². The van der Waals surface area contributed by atoms with Crippen LogP contribution >= 0.6 is 0 Å². The lowest BCUT2D eigenvalue weighted by molar-refractivity contribution is -0.148. The first-order valence-corrected chi connectivity index (χ1v) is 14.9. The topological polar surface area (TPSA) is 83.7 Å². The summed E-state index contributed by atoms with van der Waals surface area (Å²) in [7, 11) is 0. The van der Waals surface area contributed by atoms with Crippen molar-refractivity contribution in [2.75, 3.05) is 26.2 Å². The molecular formula is C33H33F3N6O2. The van der Waals surface area contributed by atoms with E-state index in [1.165, 1.54) is 10.5 Å². The second kappa shape index (κ2) is 12.6. The van der Waals surface area contributed by atoms with Crippen LogP contribution in [0.1, 0.15) is 70.9 Å². The number of aromatic nitrogens is 4. The molecule has 3 aromatic heterocycles. The second-order valence-electron chi connectivity index (χ2n) is 11.4. The first-order chi connectivity index (χ1) is 21.2. The molecule has 2 aliphatic heterocycles. The van der Waals surface area contributed by atoms with Crippen LogP contribution in [-0.2, 0) is 11.2 Å². The molecule has 44 heavy (non-hydrogen) atoms. The van der Waals surface area contributed by atoms with Gasteiger partial charge in [0.05, 0.1) is 6.42 Å². The average molecular weight is 603 g/mol. The maximum atomic E-state index is 13.2. The van der Waals surface area contributed by atoms with E-state index in [1.807, 2.05) is 66.0 Å². The maximum Gasteiger partial charge on any atom is 0.389 e. The van der Waals surface area contributed by atoms with Crippen molar-refractivity contribution >= 4 is 23.0 Å². The summed E-state index contributed by atoms with van der Waals surface area (Å²) in [5.74, 6) is 0.642. The van der Waals surface area contributed by atoms with E-state index in [0.29, 0.717) is 42.3 Å². The Morgan fingerprint density at radius 3 is 2.36 bits per heavy atom. The zero-order chi connectivity index (χ0) is 30.7. The summed E-state index contributed by atoms with van der Waals surface area (Å²) in [6.45, 7) is 2.08. The van der Waals surface area contributed by atoms with Crippen LogP contribution in [0.2, 0.25) is 0 Å². The Morgan fingerprint density at radius 1 is 0.932 bits per heavy atom. The number of likely N-dealkylation sites (tertiary alicyclic amines) is 1. The van der Waals surface area contributed by atoms with Crippen molar-refractivity contribution in [2.45, 2.75) is 50.6 Å². The highest BCUT2D eigenvalue weighted by Gasteiger charge is 2.30. The Morgan fingerprint density at radius 2 is 1.68 bits per heavy atom. The molecule has 2 amide bonds. The summed E-state index contributed by atoms with van der Waals surface area (Å²) in [4.78, 5) is 37.7. The fourth-order valence-electron chi connectivity index (χ4n) is 6.00. The lowest BCUT2D eigenvalue weighted by atomic mass is 9.90. The van der Waals surface area contributed by atoms with Crippen LogP contribution in [0.5, 0.6) is 0 Å². The smallest absolute Gasteiger partial charge is 0.339 e. The van der Waals surface area contributed by atoms with Crippen molar-refractivity contribution in [3.8, 4) is 0 Å². The summed E-state index contributed by atoms with van der Waals surface area (Å²) < 4.78 is 39.3. The zero-order valence-corrected chi connectivity index (χ0v) is 24.2. The van der Waals surface area contributed by atoms with Crippen LogP contribution in [0.4, 0.5) is 13.2 Å². The molecule has 1 aromatic carbocycles. The van der Waals surface area contributed by atoms with Gasteiger partial charge < -0.3 is 9.80 Å². The molecule has 0 aliphatic carbocycles. The number of carbonyl (C=O) groups is 2. The number of nitrogens with zero attached hydrogens (tertiary/aromatic N) is 6. The molecule has 11 heteroatoms. The van der Waals surface area contributed by atoms with Gasteiger partial charge in [0.2, 0.25) is 5.91 Å². The van der Waals surface area contributed by atoms with E-state index in [-0.39, 0.29) is 12.5 Å². The van der Waals surface area contributed by atoms with Crippen molar-refractivity contribution < 1.29 is 22.8 Å². The second-order valence-corrected chi connectivity index (χ2v) is 11.4. The number of pyridine rings is 2. The van der Waals surface area contributed by atoms with E-state index in [0.717, 1.165) is 42.6 Å².